The molecule has 0 saturated carbocycles. The normalized spacial score (nSPS) is 14.4. The number of rotatable bonds is 4. The fourth-order valence-corrected chi connectivity index (χ4v) is 3.64. The number of piperazine rings is 1. The highest BCUT2D eigenvalue weighted by molar-refractivity contribution is 5.96. The summed E-state index contributed by atoms with van der Waals surface area (Å²) >= 11 is 0. The van der Waals surface area contributed by atoms with Crippen LogP contribution in [0.25, 0.3) is 0 Å². The number of carbonyl (C=O) groups excluding carboxylic acids is 1. The summed E-state index contributed by atoms with van der Waals surface area (Å²) in [5.74, 6) is 0.778. The van der Waals surface area contributed by atoms with Crippen molar-refractivity contribution in [1.82, 2.24) is 24.6 Å². The van der Waals surface area contributed by atoms with Crippen LogP contribution < -0.4 is 4.90 Å². The van der Waals surface area contributed by atoms with E-state index >= 15 is 0 Å². The van der Waals surface area contributed by atoms with Crippen molar-refractivity contribution in [2.24, 2.45) is 0 Å². The van der Waals surface area contributed by atoms with Gasteiger partial charge in [-0.3, -0.25) is 9.48 Å². The maximum atomic E-state index is 13.2. The van der Waals surface area contributed by atoms with Crippen molar-refractivity contribution < 1.29 is 4.79 Å². The number of hydrogen-bond acceptors (Lipinski definition) is 5. The number of aromatic nitrogens is 4. The largest absolute Gasteiger partial charge is 0.337 e. The molecule has 7 nitrogen and oxygen atoms in total. The summed E-state index contributed by atoms with van der Waals surface area (Å²) in [4.78, 5) is 25.8. The van der Waals surface area contributed by atoms with Crippen LogP contribution in [-0.4, -0.2) is 56.7 Å². The van der Waals surface area contributed by atoms with E-state index in [9.17, 15) is 4.79 Å². The molecule has 0 aliphatic carbocycles. The van der Waals surface area contributed by atoms with Crippen LogP contribution in [0.5, 0.6) is 0 Å². The molecule has 28 heavy (non-hydrogen) atoms. The molecule has 0 atom stereocenters. The lowest BCUT2D eigenvalue weighted by molar-refractivity contribution is 0.0744. The lowest BCUT2D eigenvalue weighted by Crippen LogP contribution is -2.49. The molecule has 3 aromatic rings. The van der Waals surface area contributed by atoms with E-state index in [4.69, 9.17) is 0 Å². The van der Waals surface area contributed by atoms with Crippen molar-refractivity contribution in [1.29, 1.82) is 0 Å². The number of benzene rings is 1. The van der Waals surface area contributed by atoms with E-state index in [-0.39, 0.29) is 5.91 Å². The highest BCUT2D eigenvalue weighted by Gasteiger charge is 2.27. The molecule has 1 saturated heterocycles. The molecular formula is C21H24N6O. The highest BCUT2D eigenvalue weighted by Crippen LogP contribution is 2.19. The molecule has 0 N–H and O–H groups in total. The third-order valence-corrected chi connectivity index (χ3v) is 5.17. The Morgan fingerprint density at radius 1 is 0.964 bits per heavy atom. The second kappa shape index (κ2) is 7.80. The van der Waals surface area contributed by atoms with Crippen molar-refractivity contribution >= 4 is 11.9 Å². The molecule has 0 radical (unpaired) electrons. The molecule has 0 spiro atoms. The van der Waals surface area contributed by atoms with Gasteiger partial charge in [0.15, 0.2) is 0 Å². The average Bonchev–Trinajstić information content (AvgIpc) is 3.02. The number of carbonyl (C=O) groups is 1. The zero-order valence-corrected chi connectivity index (χ0v) is 16.2. The lowest BCUT2D eigenvalue weighted by atomic mass is 10.1. The SMILES string of the molecule is Cc1nn(Cc2ccccc2)c(C)c1C(=O)N1CCN(c2ncccn2)CC1. The monoisotopic (exact) mass is 376 g/mol. The van der Waals surface area contributed by atoms with Crippen LogP contribution in [0, 0.1) is 13.8 Å². The molecule has 4 rings (SSSR count). The van der Waals surface area contributed by atoms with Crippen LogP contribution in [0.15, 0.2) is 48.8 Å². The summed E-state index contributed by atoms with van der Waals surface area (Å²) < 4.78 is 1.92. The van der Waals surface area contributed by atoms with Gasteiger partial charge < -0.3 is 9.80 Å². The van der Waals surface area contributed by atoms with E-state index in [0.29, 0.717) is 19.6 Å². The molecule has 0 bridgehead atoms. The predicted octanol–water partition coefficient (Wildman–Crippen LogP) is 2.30. The molecule has 1 fully saturated rings. The van der Waals surface area contributed by atoms with Crippen molar-refractivity contribution in [2.75, 3.05) is 31.1 Å². The minimum absolute atomic E-state index is 0.0583. The molecule has 1 amide bonds. The Bertz CT molecular complexity index is 946. The summed E-state index contributed by atoms with van der Waals surface area (Å²) in [6.45, 7) is 7.32. The van der Waals surface area contributed by atoms with Crippen molar-refractivity contribution in [3.8, 4) is 0 Å². The number of hydrogen-bond donors (Lipinski definition) is 0. The quantitative estimate of drug-likeness (QED) is 0.699. The summed E-state index contributed by atoms with van der Waals surface area (Å²) in [5.41, 5.74) is 3.59. The fourth-order valence-electron chi connectivity index (χ4n) is 3.64. The third kappa shape index (κ3) is 3.60. The van der Waals surface area contributed by atoms with Crippen LogP contribution in [0.1, 0.15) is 27.3 Å². The number of amides is 1. The highest BCUT2D eigenvalue weighted by atomic mass is 16.2. The van der Waals surface area contributed by atoms with Gasteiger partial charge in [-0.1, -0.05) is 30.3 Å². The van der Waals surface area contributed by atoms with Crippen molar-refractivity contribution in [3.05, 3.63) is 71.3 Å². The fraction of sp³-hybridized carbons (Fsp3) is 0.333. The van der Waals surface area contributed by atoms with Crippen LogP contribution in [-0.2, 0) is 6.54 Å². The topological polar surface area (TPSA) is 67.2 Å². The van der Waals surface area contributed by atoms with Gasteiger partial charge >= 0.3 is 0 Å². The van der Waals surface area contributed by atoms with Gasteiger partial charge in [-0.25, -0.2) is 9.97 Å². The van der Waals surface area contributed by atoms with Gasteiger partial charge in [0.2, 0.25) is 5.95 Å². The summed E-state index contributed by atoms with van der Waals surface area (Å²) in [7, 11) is 0. The van der Waals surface area contributed by atoms with Gasteiger partial charge in [-0.15, -0.1) is 0 Å². The first-order chi connectivity index (χ1) is 13.6. The number of nitrogens with zero attached hydrogens (tertiary/aromatic N) is 6. The van der Waals surface area contributed by atoms with E-state index in [1.165, 1.54) is 5.56 Å². The molecule has 7 heteroatoms. The Balaban J connectivity index is 1.47. The van der Waals surface area contributed by atoms with Crippen LogP contribution >= 0.6 is 0 Å². The second-order valence-electron chi connectivity index (χ2n) is 7.02. The van der Waals surface area contributed by atoms with E-state index in [0.717, 1.165) is 36.0 Å². The summed E-state index contributed by atoms with van der Waals surface area (Å²) in [6, 6.07) is 12.0. The van der Waals surface area contributed by atoms with Gasteiger partial charge in [-0.2, -0.15) is 5.10 Å². The first-order valence-electron chi connectivity index (χ1n) is 9.52. The zero-order valence-electron chi connectivity index (χ0n) is 16.2. The van der Waals surface area contributed by atoms with E-state index in [1.807, 2.05) is 47.7 Å². The Kier molecular flexibility index (Phi) is 5.06. The van der Waals surface area contributed by atoms with Gasteiger partial charge in [0.1, 0.15) is 0 Å². The maximum absolute atomic E-state index is 13.2. The molecule has 3 heterocycles. The van der Waals surface area contributed by atoms with Crippen molar-refractivity contribution in [3.63, 3.8) is 0 Å². The summed E-state index contributed by atoms with van der Waals surface area (Å²) in [6.07, 6.45) is 3.49. The van der Waals surface area contributed by atoms with Gasteiger partial charge in [0.25, 0.3) is 5.91 Å². The van der Waals surface area contributed by atoms with Gasteiger partial charge in [0.05, 0.1) is 17.8 Å². The number of anilines is 1. The minimum Gasteiger partial charge on any atom is -0.337 e. The molecule has 1 aliphatic rings. The number of aryl methyl sites for hydroxylation is 1. The van der Waals surface area contributed by atoms with Gasteiger partial charge in [-0.05, 0) is 25.5 Å². The second-order valence-corrected chi connectivity index (χ2v) is 7.02. The summed E-state index contributed by atoms with van der Waals surface area (Å²) in [5, 5.41) is 4.62. The van der Waals surface area contributed by atoms with E-state index < -0.39 is 0 Å². The average molecular weight is 376 g/mol. The molecule has 2 aromatic heterocycles. The van der Waals surface area contributed by atoms with E-state index in [1.54, 1.807) is 12.4 Å². The standard InChI is InChI=1S/C21H24N6O/c1-16-19(17(2)27(24-16)15-18-7-4-3-5-8-18)20(28)25-11-13-26(14-12-25)21-22-9-6-10-23-21/h3-10H,11-15H2,1-2H3. The Hall–Kier alpha value is -3.22. The predicted molar refractivity (Wildman–Crippen MR) is 107 cm³/mol. The first-order valence-corrected chi connectivity index (χ1v) is 9.52. The molecular weight excluding hydrogens is 352 g/mol. The minimum atomic E-state index is 0.0583. The smallest absolute Gasteiger partial charge is 0.257 e. The van der Waals surface area contributed by atoms with Crippen molar-refractivity contribution in [2.45, 2.75) is 20.4 Å². The molecule has 144 valence electrons. The first kappa shape index (κ1) is 18.2. The molecule has 1 aliphatic heterocycles. The third-order valence-electron chi connectivity index (χ3n) is 5.17. The lowest BCUT2D eigenvalue weighted by Gasteiger charge is -2.34. The Morgan fingerprint density at radius 2 is 1.64 bits per heavy atom. The Labute approximate surface area is 164 Å². The van der Waals surface area contributed by atoms with Gasteiger partial charge in [0, 0.05) is 44.3 Å². The Morgan fingerprint density at radius 3 is 2.32 bits per heavy atom. The van der Waals surface area contributed by atoms with Crippen LogP contribution in [0.2, 0.25) is 0 Å². The van der Waals surface area contributed by atoms with Crippen LogP contribution in [0.4, 0.5) is 5.95 Å². The molecule has 1 aromatic carbocycles. The maximum Gasteiger partial charge on any atom is 0.257 e. The van der Waals surface area contributed by atoms with E-state index in [2.05, 4.69) is 32.1 Å². The molecule has 0 unspecified atom stereocenters. The van der Waals surface area contributed by atoms with Crippen LogP contribution in [0.3, 0.4) is 0 Å². The zero-order chi connectivity index (χ0) is 19.5.